The largest absolute Gasteiger partial charge is 0.461 e. The monoisotopic (exact) mass is 242 g/mol. The molecule has 2 atom stereocenters. The van der Waals surface area contributed by atoms with Crippen LogP contribution in [0.1, 0.15) is 24.3 Å². The molecule has 0 amide bonds. The number of aryl methyl sites for hydroxylation is 1. The van der Waals surface area contributed by atoms with Gasteiger partial charge in [0.15, 0.2) is 0 Å². The molecule has 1 aromatic heterocycles. The summed E-state index contributed by atoms with van der Waals surface area (Å²) in [4.78, 5) is 0. The van der Waals surface area contributed by atoms with Gasteiger partial charge in [0.25, 0.3) is 0 Å². The smallest absolute Gasteiger partial charge is 0.134 e. The minimum absolute atomic E-state index is 0.0136. The van der Waals surface area contributed by atoms with Crippen LogP contribution >= 0.6 is 0 Å². The molecule has 0 aliphatic carbocycles. The molecule has 0 aliphatic rings. The molecule has 3 N–H and O–H groups in total. The molecule has 0 radical (unpaired) electrons. The summed E-state index contributed by atoms with van der Waals surface area (Å²) in [7, 11) is 0. The summed E-state index contributed by atoms with van der Waals surface area (Å²) in [5, 5.41) is 4.43. The molecule has 1 heterocycles. The van der Waals surface area contributed by atoms with Crippen molar-refractivity contribution in [2.45, 2.75) is 25.9 Å². The lowest BCUT2D eigenvalue weighted by Crippen LogP contribution is -2.34. The highest BCUT2D eigenvalue weighted by Crippen LogP contribution is 2.30. The van der Waals surface area contributed by atoms with E-state index in [1.54, 1.807) is 0 Å². The summed E-state index contributed by atoms with van der Waals surface area (Å²) in [5.41, 5.74) is 7.85. The number of nitrogens with two attached hydrogens (primary N) is 1. The van der Waals surface area contributed by atoms with E-state index < -0.39 is 0 Å². The van der Waals surface area contributed by atoms with Gasteiger partial charge in [0.05, 0.1) is 6.04 Å². The Morgan fingerprint density at radius 3 is 2.83 bits per heavy atom. The third-order valence-corrected chi connectivity index (χ3v) is 3.10. The molecule has 0 bridgehead atoms. The number of hydrogen-bond acceptors (Lipinski definition) is 3. The van der Waals surface area contributed by atoms with Crippen LogP contribution in [-0.2, 0) is 0 Å². The predicted octanol–water partition coefficient (Wildman–Crippen LogP) is 2.35. The Balaban J connectivity index is 2.45. The Morgan fingerprint density at radius 1 is 1.44 bits per heavy atom. The van der Waals surface area contributed by atoms with Gasteiger partial charge in [-0.15, -0.1) is 6.42 Å². The number of fused-ring (bicyclic) bond motifs is 1. The lowest BCUT2D eigenvalue weighted by Gasteiger charge is -2.19. The fourth-order valence-corrected chi connectivity index (χ4v) is 2.24. The maximum atomic E-state index is 5.85. The highest BCUT2D eigenvalue weighted by Gasteiger charge is 2.20. The zero-order valence-electron chi connectivity index (χ0n) is 10.7. The maximum absolute atomic E-state index is 5.85. The average Bonchev–Trinajstić information content (AvgIpc) is 2.71. The van der Waals surface area contributed by atoms with E-state index in [1.165, 1.54) is 0 Å². The van der Waals surface area contributed by atoms with Crippen molar-refractivity contribution in [1.82, 2.24) is 5.32 Å². The fourth-order valence-electron chi connectivity index (χ4n) is 2.24. The quantitative estimate of drug-likeness (QED) is 0.809. The molecule has 1 aromatic carbocycles. The molecule has 0 fully saturated rings. The zero-order valence-corrected chi connectivity index (χ0v) is 10.7. The number of furan rings is 1. The van der Waals surface area contributed by atoms with Gasteiger partial charge in [-0.25, -0.2) is 0 Å². The molecule has 2 rings (SSSR count). The third-order valence-electron chi connectivity index (χ3n) is 3.10. The molecule has 2 unspecified atom stereocenters. The molecular formula is C15H18N2O. The van der Waals surface area contributed by atoms with E-state index in [4.69, 9.17) is 16.6 Å². The number of rotatable bonds is 4. The van der Waals surface area contributed by atoms with Crippen LogP contribution in [0.5, 0.6) is 0 Å². The van der Waals surface area contributed by atoms with Gasteiger partial charge >= 0.3 is 0 Å². The van der Waals surface area contributed by atoms with Gasteiger partial charge < -0.3 is 10.2 Å². The average molecular weight is 242 g/mol. The van der Waals surface area contributed by atoms with Gasteiger partial charge in [-0.1, -0.05) is 24.1 Å². The van der Waals surface area contributed by atoms with Gasteiger partial charge in [0, 0.05) is 23.5 Å². The van der Waals surface area contributed by atoms with Crippen LogP contribution in [0.2, 0.25) is 0 Å². The van der Waals surface area contributed by atoms with Crippen molar-refractivity contribution in [3.63, 3.8) is 0 Å². The summed E-state index contributed by atoms with van der Waals surface area (Å²) in [5.74, 6) is 3.55. The van der Waals surface area contributed by atoms with Crippen molar-refractivity contribution < 1.29 is 4.42 Å². The molecule has 94 valence electrons. The standard InChI is InChI=1S/C15H18N2O/c1-4-10(2)17-13(9-16)15-11(3)18-14-8-6-5-7-12(14)15/h1,5-8,10,13,17H,9,16H2,2-3H3. The second kappa shape index (κ2) is 5.26. The minimum atomic E-state index is -0.0217. The van der Waals surface area contributed by atoms with Gasteiger partial charge in [0.2, 0.25) is 0 Å². The first kappa shape index (κ1) is 12.7. The van der Waals surface area contributed by atoms with Crippen molar-refractivity contribution in [2.24, 2.45) is 5.73 Å². The van der Waals surface area contributed by atoms with Crippen LogP contribution in [-0.4, -0.2) is 12.6 Å². The van der Waals surface area contributed by atoms with Crippen LogP contribution in [0.4, 0.5) is 0 Å². The molecule has 18 heavy (non-hydrogen) atoms. The van der Waals surface area contributed by atoms with Crippen molar-refractivity contribution >= 4 is 11.0 Å². The van der Waals surface area contributed by atoms with Crippen molar-refractivity contribution in [2.75, 3.05) is 6.54 Å². The fraction of sp³-hybridized carbons (Fsp3) is 0.333. The second-order valence-electron chi connectivity index (χ2n) is 4.41. The maximum Gasteiger partial charge on any atom is 0.134 e. The normalized spacial score (nSPS) is 14.3. The lowest BCUT2D eigenvalue weighted by molar-refractivity contribution is 0.499. The number of nitrogens with one attached hydrogen (secondary N) is 1. The molecular weight excluding hydrogens is 224 g/mol. The number of terminal acetylenes is 1. The first-order valence-corrected chi connectivity index (χ1v) is 6.07. The van der Waals surface area contributed by atoms with E-state index in [-0.39, 0.29) is 12.1 Å². The van der Waals surface area contributed by atoms with Crippen LogP contribution in [0.25, 0.3) is 11.0 Å². The minimum Gasteiger partial charge on any atom is -0.461 e. The summed E-state index contributed by atoms with van der Waals surface area (Å²) in [6, 6.07) is 7.96. The van der Waals surface area contributed by atoms with E-state index in [2.05, 4.69) is 11.2 Å². The van der Waals surface area contributed by atoms with Crippen LogP contribution in [0.15, 0.2) is 28.7 Å². The number of para-hydroxylation sites is 1. The van der Waals surface area contributed by atoms with E-state index in [9.17, 15) is 0 Å². The van der Waals surface area contributed by atoms with Crippen molar-refractivity contribution in [3.8, 4) is 12.3 Å². The molecule has 2 aromatic rings. The predicted molar refractivity (Wildman–Crippen MR) is 74.2 cm³/mol. The molecule has 3 nitrogen and oxygen atoms in total. The lowest BCUT2D eigenvalue weighted by atomic mass is 10.0. The van der Waals surface area contributed by atoms with E-state index in [0.29, 0.717) is 6.54 Å². The van der Waals surface area contributed by atoms with E-state index in [0.717, 1.165) is 22.3 Å². The second-order valence-corrected chi connectivity index (χ2v) is 4.41. The Morgan fingerprint density at radius 2 is 2.17 bits per heavy atom. The van der Waals surface area contributed by atoms with Gasteiger partial charge in [0.1, 0.15) is 11.3 Å². The summed E-state index contributed by atoms with van der Waals surface area (Å²) >= 11 is 0. The highest BCUT2D eigenvalue weighted by atomic mass is 16.3. The zero-order chi connectivity index (χ0) is 13.1. The Bertz CT molecular complexity index is 580. The Labute approximate surface area is 107 Å². The highest BCUT2D eigenvalue weighted by molar-refractivity contribution is 5.82. The molecule has 0 saturated heterocycles. The Hall–Kier alpha value is -1.76. The number of benzene rings is 1. The third kappa shape index (κ3) is 2.26. The molecule has 0 spiro atoms. The van der Waals surface area contributed by atoms with Gasteiger partial charge in [-0.3, -0.25) is 5.32 Å². The first-order chi connectivity index (χ1) is 8.67. The summed E-state index contributed by atoms with van der Waals surface area (Å²) in [6.45, 7) is 4.39. The summed E-state index contributed by atoms with van der Waals surface area (Å²) in [6.07, 6.45) is 5.40. The van der Waals surface area contributed by atoms with Crippen molar-refractivity contribution in [3.05, 3.63) is 35.6 Å². The molecule has 3 heteroatoms. The topological polar surface area (TPSA) is 51.2 Å². The molecule has 0 saturated carbocycles. The number of hydrogen-bond donors (Lipinski definition) is 2. The van der Waals surface area contributed by atoms with E-state index in [1.807, 2.05) is 38.1 Å². The van der Waals surface area contributed by atoms with Gasteiger partial charge in [-0.05, 0) is 19.9 Å². The Kier molecular flexibility index (Phi) is 3.71. The molecule has 0 aliphatic heterocycles. The van der Waals surface area contributed by atoms with Gasteiger partial charge in [-0.2, -0.15) is 0 Å². The SMILES string of the molecule is C#CC(C)NC(CN)c1c(C)oc2ccccc12. The first-order valence-electron chi connectivity index (χ1n) is 6.07. The van der Waals surface area contributed by atoms with Crippen LogP contribution in [0.3, 0.4) is 0 Å². The van der Waals surface area contributed by atoms with E-state index >= 15 is 0 Å². The van der Waals surface area contributed by atoms with Crippen LogP contribution < -0.4 is 11.1 Å². The van der Waals surface area contributed by atoms with Crippen molar-refractivity contribution in [1.29, 1.82) is 0 Å². The summed E-state index contributed by atoms with van der Waals surface area (Å²) < 4.78 is 5.75. The van der Waals surface area contributed by atoms with Crippen LogP contribution in [0, 0.1) is 19.3 Å².